The number of hydrogen-bond acceptors (Lipinski definition) is 1. The predicted molar refractivity (Wildman–Crippen MR) is 49.4 cm³/mol. The molecule has 0 aromatic rings. The quantitative estimate of drug-likeness (QED) is 0.606. The van der Waals surface area contributed by atoms with Crippen LogP contribution in [0.25, 0.3) is 0 Å². The molecule has 0 rings (SSSR count). The van der Waals surface area contributed by atoms with Crippen LogP contribution in [0.2, 0.25) is 0 Å². The Morgan fingerprint density at radius 3 is 2.58 bits per heavy atom. The van der Waals surface area contributed by atoms with Crippen LogP contribution in [0.5, 0.6) is 0 Å². The molecule has 0 saturated heterocycles. The standard InChI is InChI=1S/C9H19NO2/c1-3-4-5-6-7-8(2)10-9(11)12/h8,10H,3-7H2,1-2H3,(H,11,12). The van der Waals surface area contributed by atoms with E-state index in [1.54, 1.807) is 0 Å². The van der Waals surface area contributed by atoms with Gasteiger partial charge < -0.3 is 10.4 Å². The van der Waals surface area contributed by atoms with Gasteiger partial charge in [-0.25, -0.2) is 4.79 Å². The summed E-state index contributed by atoms with van der Waals surface area (Å²) >= 11 is 0. The highest BCUT2D eigenvalue weighted by Crippen LogP contribution is 2.04. The SMILES string of the molecule is CCCCCCC(C)NC(=O)O. The fraction of sp³-hybridized carbons (Fsp3) is 0.889. The lowest BCUT2D eigenvalue weighted by Crippen LogP contribution is -2.30. The van der Waals surface area contributed by atoms with E-state index in [2.05, 4.69) is 12.2 Å². The molecule has 1 unspecified atom stereocenters. The Labute approximate surface area is 74.2 Å². The van der Waals surface area contributed by atoms with Gasteiger partial charge in [0.15, 0.2) is 0 Å². The summed E-state index contributed by atoms with van der Waals surface area (Å²) in [6, 6.07) is 0.0966. The molecule has 0 bridgehead atoms. The van der Waals surface area contributed by atoms with E-state index in [-0.39, 0.29) is 6.04 Å². The average molecular weight is 173 g/mol. The zero-order valence-corrected chi connectivity index (χ0v) is 7.97. The third kappa shape index (κ3) is 7.38. The molecular weight excluding hydrogens is 154 g/mol. The van der Waals surface area contributed by atoms with Crippen molar-refractivity contribution in [2.24, 2.45) is 0 Å². The lowest BCUT2D eigenvalue weighted by atomic mass is 10.1. The van der Waals surface area contributed by atoms with Crippen molar-refractivity contribution in [3.8, 4) is 0 Å². The molecule has 3 heteroatoms. The molecule has 1 atom stereocenters. The summed E-state index contributed by atoms with van der Waals surface area (Å²) in [5.74, 6) is 0. The molecule has 0 spiro atoms. The minimum Gasteiger partial charge on any atom is -0.465 e. The number of amides is 1. The van der Waals surface area contributed by atoms with E-state index < -0.39 is 6.09 Å². The molecule has 0 radical (unpaired) electrons. The lowest BCUT2D eigenvalue weighted by molar-refractivity contribution is 0.190. The molecular formula is C9H19NO2. The van der Waals surface area contributed by atoms with E-state index >= 15 is 0 Å². The van der Waals surface area contributed by atoms with Crippen molar-refractivity contribution in [3.05, 3.63) is 0 Å². The van der Waals surface area contributed by atoms with Crippen molar-refractivity contribution >= 4 is 6.09 Å². The largest absolute Gasteiger partial charge is 0.465 e. The van der Waals surface area contributed by atoms with Crippen LogP contribution in [0.1, 0.15) is 46.0 Å². The molecule has 2 N–H and O–H groups in total. The molecule has 0 fully saturated rings. The van der Waals surface area contributed by atoms with Gasteiger partial charge in [0.25, 0.3) is 0 Å². The first-order chi connectivity index (χ1) is 5.66. The first-order valence-electron chi connectivity index (χ1n) is 4.66. The van der Waals surface area contributed by atoms with Crippen molar-refractivity contribution in [2.75, 3.05) is 0 Å². The van der Waals surface area contributed by atoms with E-state index in [1.165, 1.54) is 19.3 Å². The highest BCUT2D eigenvalue weighted by Gasteiger charge is 2.03. The maximum absolute atomic E-state index is 10.2. The monoisotopic (exact) mass is 173 g/mol. The normalized spacial score (nSPS) is 12.5. The van der Waals surface area contributed by atoms with Crippen LogP contribution in [-0.4, -0.2) is 17.2 Å². The maximum atomic E-state index is 10.2. The van der Waals surface area contributed by atoms with Gasteiger partial charge >= 0.3 is 6.09 Å². The van der Waals surface area contributed by atoms with Gasteiger partial charge in [-0.3, -0.25) is 0 Å². The topological polar surface area (TPSA) is 49.3 Å². The average Bonchev–Trinajstić information content (AvgIpc) is 1.97. The molecule has 3 nitrogen and oxygen atoms in total. The number of rotatable bonds is 6. The van der Waals surface area contributed by atoms with Crippen LogP contribution >= 0.6 is 0 Å². The fourth-order valence-electron chi connectivity index (χ4n) is 1.16. The number of carboxylic acid groups (broad SMARTS) is 1. The van der Waals surface area contributed by atoms with Gasteiger partial charge in [0.1, 0.15) is 0 Å². The molecule has 0 aromatic heterocycles. The van der Waals surface area contributed by atoms with Crippen molar-refractivity contribution in [1.29, 1.82) is 0 Å². The van der Waals surface area contributed by atoms with Gasteiger partial charge in [-0.1, -0.05) is 32.6 Å². The zero-order valence-electron chi connectivity index (χ0n) is 7.97. The highest BCUT2D eigenvalue weighted by atomic mass is 16.4. The van der Waals surface area contributed by atoms with E-state index in [0.717, 1.165) is 12.8 Å². The van der Waals surface area contributed by atoms with E-state index in [1.807, 2.05) is 6.92 Å². The summed E-state index contributed by atoms with van der Waals surface area (Å²) in [6.45, 7) is 4.07. The summed E-state index contributed by atoms with van der Waals surface area (Å²) in [6.07, 6.45) is 4.84. The predicted octanol–water partition coefficient (Wildman–Crippen LogP) is 2.61. The number of unbranched alkanes of at least 4 members (excludes halogenated alkanes) is 3. The van der Waals surface area contributed by atoms with Crippen LogP contribution in [0, 0.1) is 0 Å². The maximum Gasteiger partial charge on any atom is 0.404 e. The van der Waals surface area contributed by atoms with Gasteiger partial charge in [0.05, 0.1) is 0 Å². The second-order valence-corrected chi connectivity index (χ2v) is 3.20. The molecule has 0 aliphatic heterocycles. The summed E-state index contributed by atoms with van der Waals surface area (Å²) in [5, 5.41) is 10.8. The van der Waals surface area contributed by atoms with E-state index in [4.69, 9.17) is 5.11 Å². The Morgan fingerprint density at radius 2 is 2.08 bits per heavy atom. The van der Waals surface area contributed by atoms with Crippen LogP contribution in [0.3, 0.4) is 0 Å². The van der Waals surface area contributed by atoms with Gasteiger partial charge in [-0.15, -0.1) is 0 Å². The molecule has 12 heavy (non-hydrogen) atoms. The Morgan fingerprint density at radius 1 is 1.42 bits per heavy atom. The molecule has 72 valence electrons. The van der Waals surface area contributed by atoms with Crippen molar-refractivity contribution in [3.63, 3.8) is 0 Å². The summed E-state index contributed by atoms with van der Waals surface area (Å²) in [4.78, 5) is 10.2. The smallest absolute Gasteiger partial charge is 0.404 e. The molecule has 0 aliphatic carbocycles. The number of nitrogens with one attached hydrogen (secondary N) is 1. The Balaban J connectivity index is 3.19. The third-order valence-corrected chi connectivity index (χ3v) is 1.86. The van der Waals surface area contributed by atoms with Gasteiger partial charge in [-0.2, -0.15) is 0 Å². The second kappa shape index (κ2) is 6.95. The summed E-state index contributed by atoms with van der Waals surface area (Å²) < 4.78 is 0. The minimum absolute atomic E-state index is 0.0966. The molecule has 0 aromatic carbocycles. The molecule has 1 amide bonds. The van der Waals surface area contributed by atoms with Crippen LogP contribution < -0.4 is 5.32 Å². The molecule has 0 saturated carbocycles. The van der Waals surface area contributed by atoms with Crippen molar-refractivity contribution in [1.82, 2.24) is 5.32 Å². The van der Waals surface area contributed by atoms with Crippen LogP contribution in [-0.2, 0) is 0 Å². The van der Waals surface area contributed by atoms with Crippen LogP contribution in [0.4, 0.5) is 4.79 Å². The van der Waals surface area contributed by atoms with Crippen molar-refractivity contribution < 1.29 is 9.90 Å². The minimum atomic E-state index is -0.919. The summed E-state index contributed by atoms with van der Waals surface area (Å²) in [7, 11) is 0. The molecule has 0 heterocycles. The number of carbonyl (C=O) groups is 1. The van der Waals surface area contributed by atoms with Gasteiger partial charge in [0.2, 0.25) is 0 Å². The lowest BCUT2D eigenvalue weighted by Gasteiger charge is -2.09. The summed E-state index contributed by atoms with van der Waals surface area (Å²) in [5.41, 5.74) is 0. The van der Waals surface area contributed by atoms with Gasteiger partial charge in [-0.05, 0) is 13.3 Å². The zero-order chi connectivity index (χ0) is 9.40. The van der Waals surface area contributed by atoms with Crippen LogP contribution in [0.15, 0.2) is 0 Å². The first kappa shape index (κ1) is 11.3. The Hall–Kier alpha value is -0.730. The van der Waals surface area contributed by atoms with E-state index in [0.29, 0.717) is 0 Å². The van der Waals surface area contributed by atoms with E-state index in [9.17, 15) is 4.79 Å². The highest BCUT2D eigenvalue weighted by molar-refractivity contribution is 5.64. The Kier molecular flexibility index (Phi) is 6.53. The Bertz CT molecular complexity index is 126. The third-order valence-electron chi connectivity index (χ3n) is 1.86. The first-order valence-corrected chi connectivity index (χ1v) is 4.66. The van der Waals surface area contributed by atoms with Gasteiger partial charge in [0, 0.05) is 6.04 Å². The fourth-order valence-corrected chi connectivity index (χ4v) is 1.16. The van der Waals surface area contributed by atoms with Crippen molar-refractivity contribution in [2.45, 2.75) is 52.0 Å². The molecule has 0 aliphatic rings. The second-order valence-electron chi connectivity index (χ2n) is 3.20. The number of hydrogen-bond donors (Lipinski definition) is 2.